The van der Waals surface area contributed by atoms with Gasteiger partial charge in [0.1, 0.15) is 17.5 Å². The van der Waals surface area contributed by atoms with Crippen molar-refractivity contribution in [1.29, 1.82) is 0 Å². The Morgan fingerprint density at radius 3 is 2.33 bits per heavy atom. The second kappa shape index (κ2) is 6.09. The minimum atomic E-state index is -0.820. The van der Waals surface area contributed by atoms with E-state index in [1.165, 1.54) is 37.8 Å². The Bertz CT molecular complexity index is 767. The lowest BCUT2D eigenvalue weighted by molar-refractivity contribution is 0.124. The van der Waals surface area contributed by atoms with Crippen LogP contribution in [0.2, 0.25) is 0 Å². The third kappa shape index (κ3) is 2.82. The zero-order valence-corrected chi connectivity index (χ0v) is 14.0. The standard InChI is InChI=1S/C21H23F3/c1-12-2-3-14-7-15(5-4-13(14)6-12)16-8-17-9-18(22)11-20(24)21(17)19(23)10-16/h8-15H,2-7H2,1H3. The van der Waals surface area contributed by atoms with Crippen LogP contribution in [0.3, 0.4) is 0 Å². The fourth-order valence-corrected chi connectivity index (χ4v) is 5.06. The van der Waals surface area contributed by atoms with Gasteiger partial charge in [-0.25, -0.2) is 13.2 Å². The molecule has 2 aromatic rings. The van der Waals surface area contributed by atoms with Gasteiger partial charge < -0.3 is 0 Å². The molecule has 0 aliphatic heterocycles. The van der Waals surface area contributed by atoms with Gasteiger partial charge in [-0.2, -0.15) is 0 Å². The van der Waals surface area contributed by atoms with Crippen LogP contribution in [0.4, 0.5) is 13.2 Å². The lowest BCUT2D eigenvalue weighted by atomic mass is 9.64. The topological polar surface area (TPSA) is 0 Å². The van der Waals surface area contributed by atoms with Crippen molar-refractivity contribution in [2.45, 2.75) is 51.4 Å². The van der Waals surface area contributed by atoms with E-state index in [1.807, 2.05) is 0 Å². The monoisotopic (exact) mass is 332 g/mol. The van der Waals surface area contributed by atoms with Gasteiger partial charge in [0.15, 0.2) is 0 Å². The molecular formula is C21H23F3. The van der Waals surface area contributed by atoms with Crippen LogP contribution < -0.4 is 0 Å². The number of hydrogen-bond acceptors (Lipinski definition) is 0. The van der Waals surface area contributed by atoms with Crippen LogP contribution >= 0.6 is 0 Å². The van der Waals surface area contributed by atoms with Crippen LogP contribution in [-0.2, 0) is 0 Å². The Hall–Kier alpha value is -1.51. The maximum atomic E-state index is 14.4. The van der Waals surface area contributed by atoms with Crippen molar-refractivity contribution in [2.75, 3.05) is 0 Å². The quantitative estimate of drug-likeness (QED) is 0.553. The lowest BCUT2D eigenvalue weighted by Gasteiger charge is -2.41. The van der Waals surface area contributed by atoms with Crippen LogP contribution in [0.15, 0.2) is 24.3 Å². The molecule has 0 amide bonds. The first kappa shape index (κ1) is 16.0. The zero-order valence-electron chi connectivity index (χ0n) is 14.0. The van der Waals surface area contributed by atoms with E-state index in [0.717, 1.165) is 42.2 Å². The van der Waals surface area contributed by atoms with Gasteiger partial charge in [-0.15, -0.1) is 0 Å². The average Bonchev–Trinajstić information content (AvgIpc) is 2.53. The maximum Gasteiger partial charge on any atom is 0.136 e. The molecule has 2 fully saturated rings. The Kier molecular flexibility index (Phi) is 4.06. The molecule has 4 unspecified atom stereocenters. The van der Waals surface area contributed by atoms with Crippen LogP contribution in [0.5, 0.6) is 0 Å². The molecule has 2 saturated carbocycles. The van der Waals surface area contributed by atoms with Gasteiger partial charge in [-0.05, 0) is 78.9 Å². The minimum absolute atomic E-state index is 0.0969. The fourth-order valence-electron chi connectivity index (χ4n) is 5.06. The molecule has 3 heteroatoms. The van der Waals surface area contributed by atoms with Gasteiger partial charge in [-0.1, -0.05) is 19.4 Å². The molecule has 4 atom stereocenters. The van der Waals surface area contributed by atoms with Crippen LogP contribution in [0.1, 0.15) is 56.9 Å². The van der Waals surface area contributed by atoms with E-state index in [1.54, 1.807) is 6.07 Å². The summed E-state index contributed by atoms with van der Waals surface area (Å²) in [7, 11) is 0. The normalized spacial score (nSPS) is 30.3. The Balaban J connectivity index is 1.65. The molecule has 2 aliphatic rings. The highest BCUT2D eigenvalue weighted by molar-refractivity contribution is 5.84. The first-order valence-electron chi connectivity index (χ1n) is 9.09. The Morgan fingerprint density at radius 1 is 0.792 bits per heavy atom. The van der Waals surface area contributed by atoms with Crippen molar-refractivity contribution < 1.29 is 13.2 Å². The summed E-state index contributed by atoms with van der Waals surface area (Å²) in [5.41, 5.74) is 0.905. The third-order valence-electron chi connectivity index (χ3n) is 6.29. The summed E-state index contributed by atoms with van der Waals surface area (Å²) >= 11 is 0. The highest BCUT2D eigenvalue weighted by Gasteiger charge is 2.35. The van der Waals surface area contributed by atoms with Gasteiger partial charge in [0.05, 0.1) is 5.39 Å². The van der Waals surface area contributed by atoms with Crippen molar-refractivity contribution >= 4 is 10.8 Å². The molecule has 0 radical (unpaired) electrons. The molecule has 0 N–H and O–H groups in total. The summed E-state index contributed by atoms with van der Waals surface area (Å²) < 4.78 is 41.8. The van der Waals surface area contributed by atoms with E-state index in [4.69, 9.17) is 0 Å². The summed E-state index contributed by atoms with van der Waals surface area (Å²) in [5.74, 6) is 0.629. The number of halogens is 3. The van der Waals surface area contributed by atoms with E-state index in [2.05, 4.69) is 6.92 Å². The molecule has 4 rings (SSSR count). The molecule has 0 bridgehead atoms. The largest absolute Gasteiger partial charge is 0.207 e. The fraction of sp³-hybridized carbons (Fsp3) is 0.524. The highest BCUT2D eigenvalue weighted by atomic mass is 19.1. The van der Waals surface area contributed by atoms with E-state index in [0.29, 0.717) is 11.3 Å². The van der Waals surface area contributed by atoms with Crippen LogP contribution in [-0.4, -0.2) is 0 Å². The second-order valence-corrected chi connectivity index (χ2v) is 7.94. The maximum absolute atomic E-state index is 14.4. The first-order chi connectivity index (χ1) is 11.5. The predicted octanol–water partition coefficient (Wildman–Crippen LogP) is 6.58. The van der Waals surface area contributed by atoms with Gasteiger partial charge in [-0.3, -0.25) is 0 Å². The molecule has 128 valence electrons. The SMILES string of the molecule is CC1CCC2CC(c3cc(F)c4c(F)cc(F)cc4c3)CCC2C1. The van der Waals surface area contributed by atoms with Crippen molar-refractivity contribution in [2.24, 2.45) is 17.8 Å². The lowest BCUT2D eigenvalue weighted by Crippen LogP contribution is -2.29. The second-order valence-electron chi connectivity index (χ2n) is 7.94. The first-order valence-corrected chi connectivity index (χ1v) is 9.09. The van der Waals surface area contributed by atoms with E-state index in [9.17, 15) is 13.2 Å². The van der Waals surface area contributed by atoms with Crippen molar-refractivity contribution in [3.05, 3.63) is 47.3 Å². The minimum Gasteiger partial charge on any atom is -0.207 e. The van der Waals surface area contributed by atoms with Crippen LogP contribution in [0.25, 0.3) is 10.8 Å². The molecular weight excluding hydrogens is 309 g/mol. The highest BCUT2D eigenvalue weighted by Crippen LogP contribution is 2.47. The zero-order chi connectivity index (χ0) is 16.8. The van der Waals surface area contributed by atoms with Gasteiger partial charge in [0, 0.05) is 6.07 Å². The van der Waals surface area contributed by atoms with Crippen molar-refractivity contribution in [3.63, 3.8) is 0 Å². The summed E-state index contributed by atoms with van der Waals surface area (Å²) in [5, 5.41) is 0.238. The number of hydrogen-bond donors (Lipinski definition) is 0. The van der Waals surface area contributed by atoms with Crippen molar-refractivity contribution in [3.8, 4) is 0 Å². The molecule has 2 aromatic carbocycles. The Morgan fingerprint density at radius 2 is 1.50 bits per heavy atom. The molecule has 0 nitrogen and oxygen atoms in total. The van der Waals surface area contributed by atoms with E-state index >= 15 is 0 Å². The smallest absolute Gasteiger partial charge is 0.136 e. The van der Waals surface area contributed by atoms with Gasteiger partial charge >= 0.3 is 0 Å². The molecule has 0 saturated heterocycles. The number of benzene rings is 2. The number of rotatable bonds is 1. The van der Waals surface area contributed by atoms with Gasteiger partial charge in [0.2, 0.25) is 0 Å². The third-order valence-corrected chi connectivity index (χ3v) is 6.29. The van der Waals surface area contributed by atoms with Crippen LogP contribution in [0, 0.1) is 35.2 Å². The average molecular weight is 332 g/mol. The Labute approximate surface area is 141 Å². The summed E-state index contributed by atoms with van der Waals surface area (Å²) in [6, 6.07) is 5.25. The molecule has 2 aliphatic carbocycles. The summed E-state index contributed by atoms with van der Waals surface area (Å²) in [6.45, 7) is 2.34. The number of fused-ring (bicyclic) bond motifs is 2. The molecule has 24 heavy (non-hydrogen) atoms. The van der Waals surface area contributed by atoms with E-state index < -0.39 is 17.5 Å². The molecule has 0 aromatic heterocycles. The van der Waals surface area contributed by atoms with Crippen molar-refractivity contribution in [1.82, 2.24) is 0 Å². The molecule has 0 heterocycles. The summed E-state index contributed by atoms with van der Waals surface area (Å²) in [4.78, 5) is 0. The van der Waals surface area contributed by atoms with Gasteiger partial charge in [0.25, 0.3) is 0 Å². The summed E-state index contributed by atoms with van der Waals surface area (Å²) in [6.07, 6.45) is 7.20. The predicted molar refractivity (Wildman–Crippen MR) is 90.4 cm³/mol. The van der Waals surface area contributed by atoms with E-state index in [-0.39, 0.29) is 5.39 Å². The molecule has 0 spiro atoms.